The van der Waals surface area contributed by atoms with Gasteiger partial charge < -0.3 is 23.9 Å². The Kier molecular flexibility index (Phi) is 7.87. The number of ether oxygens (including phenoxy) is 1. The predicted molar refractivity (Wildman–Crippen MR) is 148 cm³/mol. The molecule has 5 rings (SSSR count). The number of benzene rings is 3. The Morgan fingerprint density at radius 3 is 2.10 bits per heavy atom. The van der Waals surface area contributed by atoms with Crippen LogP contribution in [0, 0.1) is 13.8 Å². The highest BCUT2D eigenvalue weighted by molar-refractivity contribution is 7.81. The number of fused-ring (bicyclic) bond motifs is 3. The minimum absolute atomic E-state index is 0.0252. The molecule has 1 amide bonds. The van der Waals surface area contributed by atoms with Crippen molar-refractivity contribution in [3.8, 4) is 16.9 Å². The van der Waals surface area contributed by atoms with Crippen LogP contribution < -0.4 is 9.65 Å². The monoisotopic (exact) mass is 568 g/mol. The van der Waals surface area contributed by atoms with Gasteiger partial charge in [-0.25, -0.2) is 4.79 Å². The van der Waals surface area contributed by atoms with E-state index < -0.39 is 17.6 Å². The molecule has 1 aliphatic carbocycles. The molecule has 12 heteroatoms. The van der Waals surface area contributed by atoms with Gasteiger partial charge in [-0.05, 0) is 64.3 Å². The van der Waals surface area contributed by atoms with E-state index in [1.54, 1.807) is 11.8 Å². The summed E-state index contributed by atoms with van der Waals surface area (Å²) in [6.45, 7) is 5.50. The second-order valence-corrected chi connectivity index (χ2v) is 11.1. The Labute approximate surface area is 233 Å². The van der Waals surface area contributed by atoms with E-state index in [0.717, 1.165) is 22.3 Å². The van der Waals surface area contributed by atoms with Crippen molar-refractivity contribution in [2.45, 2.75) is 26.3 Å². The van der Waals surface area contributed by atoms with Crippen molar-refractivity contribution in [1.29, 1.82) is 0 Å². The summed E-state index contributed by atoms with van der Waals surface area (Å²) in [6.07, 6.45) is -0.387. The van der Waals surface area contributed by atoms with Crippen LogP contribution in [0.25, 0.3) is 11.1 Å². The van der Waals surface area contributed by atoms with Gasteiger partial charge in [-0.2, -0.15) is 8.42 Å². The van der Waals surface area contributed by atoms with Gasteiger partial charge in [0.1, 0.15) is 12.4 Å². The van der Waals surface area contributed by atoms with Crippen LogP contribution in [0.1, 0.15) is 33.7 Å². The minimum atomic E-state index is -5.30. The molecular weight excluding hydrogens is 538 g/mol. The highest BCUT2D eigenvalue weighted by atomic mass is 32.3. The average Bonchev–Trinajstić information content (AvgIpc) is 3.23. The van der Waals surface area contributed by atoms with Gasteiger partial charge in [0.05, 0.1) is 0 Å². The van der Waals surface area contributed by atoms with Crippen LogP contribution in [0.4, 0.5) is 8.68 Å². The molecule has 0 radical (unpaired) electrons. The molecular formula is C28H30BFN2O7S. The number of nitrogens with zero attached hydrogens (tertiary/aromatic N) is 2. The summed E-state index contributed by atoms with van der Waals surface area (Å²) in [4.78, 5) is 16.6. The zero-order valence-electron chi connectivity index (χ0n) is 22.2. The van der Waals surface area contributed by atoms with Crippen LogP contribution in [-0.4, -0.2) is 74.3 Å². The molecule has 2 N–H and O–H groups in total. The van der Waals surface area contributed by atoms with Gasteiger partial charge in [-0.3, -0.25) is 4.90 Å². The number of rotatable bonds is 7. The van der Waals surface area contributed by atoms with Gasteiger partial charge in [0.2, 0.25) is 0 Å². The molecule has 0 spiro atoms. The fraction of sp³-hybridized carbons (Fsp3) is 0.321. The van der Waals surface area contributed by atoms with Gasteiger partial charge in [0.25, 0.3) is 0 Å². The minimum Gasteiger partial charge on any atom is -0.448 e. The SMILES string of the molecule is Cc1c(CN2CCN(C(=O)OCC3c4ccccc4-c4ccccc43)CC2)cc(OS(=O)(=O)F)c(C)c1B(O)O. The predicted octanol–water partition coefficient (Wildman–Crippen LogP) is 2.64. The first kappa shape index (κ1) is 28.1. The normalized spacial score (nSPS) is 15.5. The van der Waals surface area contributed by atoms with E-state index in [1.165, 1.54) is 13.0 Å². The maximum absolute atomic E-state index is 13.3. The van der Waals surface area contributed by atoms with Gasteiger partial charge in [-0.1, -0.05) is 52.4 Å². The van der Waals surface area contributed by atoms with E-state index in [-0.39, 0.29) is 35.4 Å². The fourth-order valence-corrected chi connectivity index (χ4v) is 6.11. The highest BCUT2D eigenvalue weighted by Gasteiger charge is 2.31. The van der Waals surface area contributed by atoms with Crippen LogP contribution in [0.15, 0.2) is 54.6 Å². The molecule has 1 heterocycles. The number of piperazine rings is 1. The van der Waals surface area contributed by atoms with Crippen LogP contribution in [0.3, 0.4) is 0 Å². The number of carbonyl (C=O) groups is 1. The summed E-state index contributed by atoms with van der Waals surface area (Å²) in [6, 6.07) is 17.7. The zero-order valence-corrected chi connectivity index (χ0v) is 23.0. The first-order chi connectivity index (χ1) is 19.0. The molecule has 210 valence electrons. The molecule has 2 aliphatic rings. The maximum Gasteiger partial charge on any atom is 0.489 e. The Hall–Kier alpha value is -3.45. The summed E-state index contributed by atoms with van der Waals surface area (Å²) in [5.74, 6) is -0.328. The van der Waals surface area contributed by atoms with E-state index in [4.69, 9.17) is 4.74 Å². The topological polar surface area (TPSA) is 117 Å². The molecule has 0 unspecified atom stereocenters. The molecule has 0 saturated carbocycles. The van der Waals surface area contributed by atoms with Crippen molar-refractivity contribution in [2.24, 2.45) is 0 Å². The van der Waals surface area contributed by atoms with Crippen molar-refractivity contribution in [3.63, 3.8) is 0 Å². The molecule has 0 bridgehead atoms. The average molecular weight is 568 g/mol. The number of amides is 1. The summed E-state index contributed by atoms with van der Waals surface area (Å²) >= 11 is 0. The number of carbonyl (C=O) groups excluding carboxylic acids is 1. The number of halogens is 1. The van der Waals surface area contributed by atoms with Gasteiger partial charge in [0.15, 0.2) is 0 Å². The second-order valence-electron chi connectivity index (χ2n) is 10.1. The third-order valence-electron chi connectivity index (χ3n) is 7.77. The Bertz CT molecular complexity index is 1500. The molecule has 0 atom stereocenters. The van der Waals surface area contributed by atoms with Gasteiger partial charge >= 0.3 is 23.7 Å². The van der Waals surface area contributed by atoms with Crippen LogP contribution >= 0.6 is 0 Å². The van der Waals surface area contributed by atoms with Gasteiger partial charge in [0, 0.05) is 38.6 Å². The maximum atomic E-state index is 13.3. The molecule has 1 aliphatic heterocycles. The largest absolute Gasteiger partial charge is 0.489 e. The molecule has 40 heavy (non-hydrogen) atoms. The molecule has 3 aromatic carbocycles. The zero-order chi connectivity index (χ0) is 28.6. The highest BCUT2D eigenvalue weighted by Crippen LogP contribution is 2.44. The Morgan fingerprint density at radius 2 is 1.55 bits per heavy atom. The van der Waals surface area contributed by atoms with Gasteiger partial charge in [-0.15, -0.1) is 0 Å². The quantitative estimate of drug-likeness (QED) is 0.330. The fourth-order valence-electron chi connectivity index (χ4n) is 5.72. The second kappa shape index (κ2) is 11.2. The van der Waals surface area contributed by atoms with E-state index in [9.17, 15) is 27.1 Å². The lowest BCUT2D eigenvalue weighted by molar-refractivity contribution is 0.0728. The molecule has 1 saturated heterocycles. The lowest BCUT2D eigenvalue weighted by Crippen LogP contribution is -2.48. The molecule has 1 fully saturated rings. The van der Waals surface area contributed by atoms with Crippen molar-refractivity contribution in [3.05, 3.63) is 82.4 Å². The van der Waals surface area contributed by atoms with E-state index >= 15 is 0 Å². The summed E-state index contributed by atoms with van der Waals surface area (Å²) < 4.78 is 45.7. The standard InChI is InChI=1S/C28H30BFN2O7S/c1-18-20(15-26(39-40(30,36)37)19(2)27(18)29(34)35)16-31-11-13-32(14-12-31)28(33)38-17-25-23-9-5-3-7-21(23)22-8-4-6-10-24(22)25/h3-10,15,25,34-35H,11-14,16-17H2,1-2H3. The van der Waals surface area contributed by atoms with Crippen molar-refractivity contribution in [1.82, 2.24) is 9.80 Å². The van der Waals surface area contributed by atoms with E-state index in [2.05, 4.69) is 28.4 Å². The molecule has 9 nitrogen and oxygen atoms in total. The Morgan fingerprint density at radius 1 is 0.975 bits per heavy atom. The van der Waals surface area contributed by atoms with Crippen molar-refractivity contribution >= 4 is 29.2 Å². The summed E-state index contributed by atoms with van der Waals surface area (Å²) in [7, 11) is -7.19. The summed E-state index contributed by atoms with van der Waals surface area (Å²) in [5, 5.41) is 19.7. The summed E-state index contributed by atoms with van der Waals surface area (Å²) in [5.41, 5.74) is 5.89. The number of hydrogen-bond acceptors (Lipinski definition) is 8. The molecule has 0 aromatic heterocycles. The third-order valence-corrected chi connectivity index (χ3v) is 8.15. The van der Waals surface area contributed by atoms with Crippen LogP contribution in [-0.2, 0) is 21.8 Å². The lowest BCUT2D eigenvalue weighted by atomic mass is 9.73. The molecule has 3 aromatic rings. The number of hydrogen-bond donors (Lipinski definition) is 2. The van der Waals surface area contributed by atoms with E-state index in [1.807, 2.05) is 29.2 Å². The van der Waals surface area contributed by atoms with E-state index in [0.29, 0.717) is 43.9 Å². The van der Waals surface area contributed by atoms with Crippen LogP contribution in [0.5, 0.6) is 5.75 Å². The van der Waals surface area contributed by atoms with Crippen LogP contribution in [0.2, 0.25) is 0 Å². The lowest BCUT2D eigenvalue weighted by Gasteiger charge is -2.34. The third kappa shape index (κ3) is 5.71. The van der Waals surface area contributed by atoms with Crippen molar-refractivity contribution in [2.75, 3.05) is 32.8 Å². The van der Waals surface area contributed by atoms with Crippen molar-refractivity contribution < 1.29 is 36.1 Å². The first-order valence-electron chi connectivity index (χ1n) is 13.0. The Balaban J connectivity index is 1.22. The first-order valence-corrected chi connectivity index (χ1v) is 14.3. The smallest absolute Gasteiger partial charge is 0.448 e.